The van der Waals surface area contributed by atoms with E-state index in [1.807, 2.05) is 39.8 Å². The molecular formula is C15H26N2O2S. The summed E-state index contributed by atoms with van der Waals surface area (Å²) in [5.74, 6) is 0.306. The number of hydrogen-bond donors (Lipinski definition) is 1. The molecule has 0 saturated heterocycles. The highest BCUT2D eigenvalue weighted by Crippen LogP contribution is 2.21. The van der Waals surface area contributed by atoms with Crippen LogP contribution in [0.25, 0.3) is 0 Å². The van der Waals surface area contributed by atoms with E-state index in [2.05, 4.69) is 5.32 Å². The quantitative estimate of drug-likeness (QED) is 0.841. The molecule has 0 aliphatic heterocycles. The second kappa shape index (κ2) is 7.20. The van der Waals surface area contributed by atoms with Crippen molar-refractivity contribution in [1.82, 2.24) is 9.62 Å². The fraction of sp³-hybridized carbons (Fsp3) is 0.600. The van der Waals surface area contributed by atoms with E-state index in [4.69, 9.17) is 0 Å². The highest BCUT2D eigenvalue weighted by Gasteiger charge is 2.23. The summed E-state index contributed by atoms with van der Waals surface area (Å²) in [6.07, 6.45) is 0. The Morgan fingerprint density at radius 3 is 2.50 bits per heavy atom. The first kappa shape index (κ1) is 17.1. The van der Waals surface area contributed by atoms with Crippen LogP contribution in [-0.4, -0.2) is 32.9 Å². The van der Waals surface area contributed by atoms with Gasteiger partial charge in [0.1, 0.15) is 0 Å². The number of nitrogens with one attached hydrogen (secondary N) is 1. The Morgan fingerprint density at radius 1 is 1.30 bits per heavy atom. The van der Waals surface area contributed by atoms with Crippen molar-refractivity contribution in [2.45, 2.75) is 39.1 Å². The zero-order chi connectivity index (χ0) is 15.3. The molecule has 0 saturated carbocycles. The van der Waals surface area contributed by atoms with Gasteiger partial charge >= 0.3 is 0 Å². The van der Waals surface area contributed by atoms with E-state index >= 15 is 0 Å². The van der Waals surface area contributed by atoms with Crippen LogP contribution in [0.5, 0.6) is 0 Å². The van der Waals surface area contributed by atoms with E-state index in [0.717, 1.165) is 17.7 Å². The molecule has 4 nitrogen and oxygen atoms in total. The van der Waals surface area contributed by atoms with Crippen LogP contribution in [0.15, 0.2) is 23.1 Å². The zero-order valence-corrected chi connectivity index (χ0v) is 13.9. The van der Waals surface area contributed by atoms with Crippen molar-refractivity contribution in [1.29, 1.82) is 0 Å². The normalized spacial score (nSPS) is 12.3. The molecule has 0 radical (unpaired) electrons. The number of nitrogens with zero attached hydrogens (tertiary/aromatic N) is 1. The van der Waals surface area contributed by atoms with Gasteiger partial charge < -0.3 is 5.32 Å². The Bertz CT molecular complexity index is 539. The van der Waals surface area contributed by atoms with Gasteiger partial charge in [0.2, 0.25) is 10.0 Å². The Hall–Kier alpha value is -0.910. The SMILES string of the molecule is CCNCc1ccc(C)c(S(=O)(=O)N(C)CC(C)C)c1. The van der Waals surface area contributed by atoms with Crippen molar-refractivity contribution in [2.75, 3.05) is 20.1 Å². The minimum atomic E-state index is -3.41. The Kier molecular flexibility index (Phi) is 6.17. The summed E-state index contributed by atoms with van der Waals surface area (Å²) in [6.45, 7) is 9.98. The number of sulfonamides is 1. The third kappa shape index (κ3) is 4.30. The van der Waals surface area contributed by atoms with Crippen molar-refractivity contribution >= 4 is 10.0 Å². The van der Waals surface area contributed by atoms with E-state index in [0.29, 0.717) is 23.9 Å². The lowest BCUT2D eigenvalue weighted by Gasteiger charge is -2.21. The lowest BCUT2D eigenvalue weighted by atomic mass is 10.1. The summed E-state index contributed by atoms with van der Waals surface area (Å²) < 4.78 is 26.7. The molecular weight excluding hydrogens is 272 g/mol. The molecule has 0 amide bonds. The van der Waals surface area contributed by atoms with Crippen LogP contribution >= 0.6 is 0 Å². The van der Waals surface area contributed by atoms with Gasteiger partial charge in [0.15, 0.2) is 0 Å². The lowest BCUT2D eigenvalue weighted by molar-refractivity contribution is 0.417. The molecule has 1 N–H and O–H groups in total. The molecule has 1 rings (SSSR count). The zero-order valence-electron chi connectivity index (χ0n) is 13.1. The maximum atomic E-state index is 12.6. The van der Waals surface area contributed by atoms with E-state index in [9.17, 15) is 8.42 Å². The van der Waals surface area contributed by atoms with Gasteiger partial charge in [-0.05, 0) is 36.6 Å². The first-order chi connectivity index (χ1) is 9.28. The largest absolute Gasteiger partial charge is 0.313 e. The Balaban J connectivity index is 3.10. The molecule has 0 fully saturated rings. The van der Waals surface area contributed by atoms with Crippen molar-refractivity contribution < 1.29 is 8.42 Å². The van der Waals surface area contributed by atoms with Gasteiger partial charge in [-0.25, -0.2) is 12.7 Å². The molecule has 1 aromatic carbocycles. The molecule has 0 aliphatic carbocycles. The number of hydrogen-bond acceptors (Lipinski definition) is 3. The van der Waals surface area contributed by atoms with Crippen molar-refractivity contribution in [2.24, 2.45) is 5.92 Å². The number of benzene rings is 1. The van der Waals surface area contributed by atoms with Gasteiger partial charge in [-0.1, -0.05) is 32.9 Å². The summed E-state index contributed by atoms with van der Waals surface area (Å²) >= 11 is 0. The van der Waals surface area contributed by atoms with E-state index < -0.39 is 10.0 Å². The fourth-order valence-electron chi connectivity index (χ4n) is 2.08. The van der Waals surface area contributed by atoms with Gasteiger partial charge in [-0.15, -0.1) is 0 Å². The van der Waals surface area contributed by atoms with Crippen molar-refractivity contribution in [3.8, 4) is 0 Å². The molecule has 0 heterocycles. The van der Waals surface area contributed by atoms with Gasteiger partial charge in [0.25, 0.3) is 0 Å². The summed E-state index contributed by atoms with van der Waals surface area (Å²) in [5.41, 5.74) is 1.79. The molecule has 114 valence electrons. The predicted molar refractivity (Wildman–Crippen MR) is 83.2 cm³/mol. The maximum absolute atomic E-state index is 12.6. The highest BCUT2D eigenvalue weighted by molar-refractivity contribution is 7.89. The summed E-state index contributed by atoms with van der Waals surface area (Å²) in [5, 5.41) is 3.22. The van der Waals surface area contributed by atoms with Gasteiger partial charge in [-0.2, -0.15) is 0 Å². The molecule has 1 aromatic rings. The fourth-order valence-corrected chi connectivity index (χ4v) is 3.69. The average molecular weight is 298 g/mol. The van der Waals surface area contributed by atoms with E-state index in [-0.39, 0.29) is 0 Å². The number of rotatable bonds is 7. The minimum absolute atomic E-state index is 0.306. The van der Waals surface area contributed by atoms with Crippen LogP contribution in [0.2, 0.25) is 0 Å². The first-order valence-electron chi connectivity index (χ1n) is 7.05. The molecule has 0 spiro atoms. The van der Waals surface area contributed by atoms with Gasteiger partial charge in [0, 0.05) is 20.1 Å². The summed E-state index contributed by atoms with van der Waals surface area (Å²) in [6, 6.07) is 5.63. The second-order valence-electron chi connectivity index (χ2n) is 5.56. The predicted octanol–water partition coefficient (Wildman–Crippen LogP) is 2.38. The highest BCUT2D eigenvalue weighted by atomic mass is 32.2. The molecule has 0 aliphatic rings. The maximum Gasteiger partial charge on any atom is 0.243 e. The molecule has 0 atom stereocenters. The van der Waals surface area contributed by atoms with Crippen LogP contribution in [-0.2, 0) is 16.6 Å². The average Bonchev–Trinajstić information content (AvgIpc) is 2.36. The molecule has 5 heteroatoms. The summed E-state index contributed by atoms with van der Waals surface area (Å²) in [7, 11) is -1.76. The molecule has 0 bridgehead atoms. The van der Waals surface area contributed by atoms with Crippen molar-refractivity contribution in [3.05, 3.63) is 29.3 Å². The van der Waals surface area contributed by atoms with E-state index in [1.165, 1.54) is 4.31 Å². The second-order valence-corrected chi connectivity index (χ2v) is 7.57. The topological polar surface area (TPSA) is 49.4 Å². The minimum Gasteiger partial charge on any atom is -0.313 e. The standard InChI is InChI=1S/C15H26N2O2S/c1-6-16-10-14-8-7-13(4)15(9-14)20(18,19)17(5)11-12(2)3/h7-9,12,16H,6,10-11H2,1-5H3. The van der Waals surface area contributed by atoms with Crippen molar-refractivity contribution in [3.63, 3.8) is 0 Å². The van der Waals surface area contributed by atoms with Crippen LogP contribution in [0.3, 0.4) is 0 Å². The summed E-state index contributed by atoms with van der Waals surface area (Å²) in [4.78, 5) is 0.413. The first-order valence-corrected chi connectivity index (χ1v) is 8.49. The third-order valence-electron chi connectivity index (χ3n) is 3.14. The van der Waals surface area contributed by atoms with Crippen LogP contribution in [0, 0.1) is 12.8 Å². The Labute approximate surface area is 123 Å². The van der Waals surface area contributed by atoms with Crippen LogP contribution in [0.1, 0.15) is 31.9 Å². The lowest BCUT2D eigenvalue weighted by Crippen LogP contribution is -2.31. The van der Waals surface area contributed by atoms with Gasteiger partial charge in [0.05, 0.1) is 4.90 Å². The van der Waals surface area contributed by atoms with Crippen LogP contribution < -0.4 is 5.32 Å². The van der Waals surface area contributed by atoms with Gasteiger partial charge in [-0.3, -0.25) is 0 Å². The third-order valence-corrected chi connectivity index (χ3v) is 5.11. The molecule has 0 unspecified atom stereocenters. The molecule has 20 heavy (non-hydrogen) atoms. The smallest absolute Gasteiger partial charge is 0.243 e. The van der Waals surface area contributed by atoms with Crippen LogP contribution in [0.4, 0.5) is 0 Å². The van der Waals surface area contributed by atoms with E-state index in [1.54, 1.807) is 13.1 Å². The molecule has 0 aromatic heterocycles. The monoisotopic (exact) mass is 298 g/mol. The Morgan fingerprint density at radius 2 is 1.95 bits per heavy atom. The number of aryl methyl sites for hydroxylation is 1.